The van der Waals surface area contributed by atoms with Crippen molar-refractivity contribution < 1.29 is 32.2 Å². The molecule has 0 saturated carbocycles. The first-order chi connectivity index (χ1) is 14.1. The zero-order valence-corrected chi connectivity index (χ0v) is 17.1. The second-order valence-corrected chi connectivity index (χ2v) is 7.05. The van der Waals surface area contributed by atoms with Crippen LogP contribution < -0.4 is 19.5 Å². The lowest BCUT2D eigenvalue weighted by atomic mass is 10.1. The number of aromatic nitrogens is 1. The molecule has 0 saturated heterocycles. The van der Waals surface area contributed by atoms with Crippen LogP contribution in [-0.4, -0.2) is 12.3 Å². The molecule has 156 valence electrons. The van der Waals surface area contributed by atoms with E-state index in [-0.39, 0.29) is 27.8 Å². The summed E-state index contributed by atoms with van der Waals surface area (Å²) >= 11 is 9.31. The first-order valence-electron chi connectivity index (χ1n) is 8.13. The van der Waals surface area contributed by atoms with Crippen LogP contribution >= 0.6 is 27.5 Å². The second-order valence-electron chi connectivity index (χ2n) is 5.79. The van der Waals surface area contributed by atoms with Crippen LogP contribution in [0.2, 0.25) is 5.02 Å². The number of hydrogen-bond donors (Lipinski definition) is 1. The fourth-order valence-electron chi connectivity index (χ4n) is 2.35. The van der Waals surface area contributed by atoms with Crippen molar-refractivity contribution >= 4 is 39.1 Å². The van der Waals surface area contributed by atoms with Crippen LogP contribution in [0.25, 0.3) is 0 Å². The van der Waals surface area contributed by atoms with E-state index >= 15 is 0 Å². The number of benzene rings is 2. The maximum Gasteiger partial charge on any atom is 0.573 e. The molecule has 1 heterocycles. The molecule has 3 rings (SSSR count). The maximum absolute atomic E-state index is 12.7. The molecule has 2 aromatic carbocycles. The van der Waals surface area contributed by atoms with Crippen LogP contribution in [0, 0.1) is 5.21 Å². The van der Waals surface area contributed by atoms with Gasteiger partial charge in [0.1, 0.15) is 22.9 Å². The number of carbonyl (C=O) groups excluding carboxylic acids is 1. The molecule has 30 heavy (non-hydrogen) atoms. The van der Waals surface area contributed by atoms with Gasteiger partial charge in [-0.05, 0) is 58.4 Å². The average molecular weight is 504 g/mol. The molecular formula is C19H11BrClF3N2O4. The van der Waals surface area contributed by atoms with E-state index < -0.39 is 18.0 Å². The van der Waals surface area contributed by atoms with Crippen LogP contribution in [-0.2, 0) is 0 Å². The van der Waals surface area contributed by atoms with Crippen molar-refractivity contribution in [2.75, 3.05) is 5.32 Å². The highest BCUT2D eigenvalue weighted by Gasteiger charge is 2.31. The van der Waals surface area contributed by atoms with Crippen molar-refractivity contribution in [2.45, 2.75) is 6.36 Å². The highest BCUT2D eigenvalue weighted by Crippen LogP contribution is 2.35. The number of amides is 1. The fraction of sp³-hybridized carbons (Fsp3) is 0.0526. The van der Waals surface area contributed by atoms with Gasteiger partial charge in [0.2, 0.25) is 6.20 Å². The molecule has 0 spiro atoms. The molecule has 1 aromatic heterocycles. The third kappa shape index (κ3) is 5.77. The summed E-state index contributed by atoms with van der Waals surface area (Å²) in [6, 6.07) is 10.4. The minimum Gasteiger partial charge on any atom is -0.619 e. The minimum absolute atomic E-state index is 0.0418. The molecule has 0 aliphatic rings. The van der Waals surface area contributed by atoms with Gasteiger partial charge in [-0.1, -0.05) is 11.6 Å². The highest BCUT2D eigenvalue weighted by molar-refractivity contribution is 9.10. The zero-order chi connectivity index (χ0) is 21.9. The quantitative estimate of drug-likeness (QED) is 0.359. The number of pyridine rings is 1. The van der Waals surface area contributed by atoms with Crippen LogP contribution in [0.3, 0.4) is 0 Å². The van der Waals surface area contributed by atoms with Crippen molar-refractivity contribution in [1.82, 2.24) is 0 Å². The van der Waals surface area contributed by atoms with Crippen LogP contribution in [0.15, 0.2) is 65.4 Å². The van der Waals surface area contributed by atoms with Gasteiger partial charge in [-0.2, -0.15) is 4.73 Å². The van der Waals surface area contributed by atoms with Gasteiger partial charge in [-0.25, -0.2) is 0 Å². The summed E-state index contributed by atoms with van der Waals surface area (Å²) in [5, 5.41) is 14.1. The molecule has 0 aliphatic heterocycles. The average Bonchev–Trinajstić information content (AvgIpc) is 2.65. The molecule has 0 bridgehead atoms. The van der Waals surface area contributed by atoms with E-state index in [2.05, 4.69) is 26.0 Å². The lowest BCUT2D eigenvalue weighted by Gasteiger charge is -2.14. The van der Waals surface area contributed by atoms with E-state index in [0.29, 0.717) is 9.20 Å². The number of alkyl halides is 3. The van der Waals surface area contributed by atoms with E-state index in [1.54, 1.807) is 0 Å². The minimum atomic E-state index is -4.81. The van der Waals surface area contributed by atoms with Gasteiger partial charge in [0, 0.05) is 10.5 Å². The van der Waals surface area contributed by atoms with Crippen LogP contribution in [0.5, 0.6) is 17.2 Å². The molecule has 0 fully saturated rings. The van der Waals surface area contributed by atoms with Gasteiger partial charge < -0.3 is 20.0 Å². The Labute approximate surface area is 181 Å². The number of anilines is 1. The van der Waals surface area contributed by atoms with Gasteiger partial charge in [-0.3, -0.25) is 4.79 Å². The Morgan fingerprint density at radius 1 is 1.13 bits per heavy atom. The van der Waals surface area contributed by atoms with Gasteiger partial charge in [-0.15, -0.1) is 13.2 Å². The van der Waals surface area contributed by atoms with Crippen molar-refractivity contribution in [3.63, 3.8) is 0 Å². The Kier molecular flexibility index (Phi) is 6.37. The standard InChI is InChI=1S/C19H11BrClF3N2O4/c20-15-9-17(29-12-3-5-13(6-4-12)30-19(22,23)24)14(8-16(15)21)18(27)25-11-2-1-7-26(28)10-11/h1-10H,(H,25,27). The zero-order valence-electron chi connectivity index (χ0n) is 14.7. The summed E-state index contributed by atoms with van der Waals surface area (Å²) in [6.45, 7) is 0. The Balaban J connectivity index is 1.85. The van der Waals surface area contributed by atoms with E-state index in [1.165, 1.54) is 42.6 Å². The molecule has 1 amide bonds. The Morgan fingerprint density at radius 2 is 1.80 bits per heavy atom. The van der Waals surface area contributed by atoms with Gasteiger partial charge in [0.15, 0.2) is 6.20 Å². The molecule has 0 radical (unpaired) electrons. The third-order valence-corrected chi connectivity index (χ3v) is 4.78. The van der Waals surface area contributed by atoms with Gasteiger partial charge >= 0.3 is 6.36 Å². The maximum atomic E-state index is 12.7. The van der Waals surface area contributed by atoms with E-state index in [9.17, 15) is 23.2 Å². The Morgan fingerprint density at radius 3 is 2.43 bits per heavy atom. The first-order valence-corrected chi connectivity index (χ1v) is 9.31. The SMILES string of the molecule is O=C(Nc1ccc[n+]([O-])c1)c1cc(Cl)c(Br)cc1Oc1ccc(OC(F)(F)F)cc1. The molecule has 0 aliphatic carbocycles. The highest BCUT2D eigenvalue weighted by atomic mass is 79.9. The largest absolute Gasteiger partial charge is 0.619 e. The summed E-state index contributed by atoms with van der Waals surface area (Å²) in [5.41, 5.74) is 0.288. The fourth-order valence-corrected chi connectivity index (χ4v) is 2.84. The predicted octanol–water partition coefficient (Wildman–Crippen LogP) is 5.68. The number of carbonyl (C=O) groups is 1. The Hall–Kier alpha value is -2.98. The summed E-state index contributed by atoms with van der Waals surface area (Å²) in [7, 11) is 0. The lowest BCUT2D eigenvalue weighted by molar-refractivity contribution is -0.604. The number of rotatable bonds is 5. The third-order valence-electron chi connectivity index (χ3n) is 3.59. The first kappa shape index (κ1) is 21.7. The van der Waals surface area contributed by atoms with Crippen molar-refractivity contribution in [2.24, 2.45) is 0 Å². The second kappa shape index (κ2) is 8.80. The smallest absolute Gasteiger partial charge is 0.573 e. The Bertz CT molecular complexity index is 1080. The molecular weight excluding hydrogens is 493 g/mol. The van der Waals surface area contributed by atoms with Gasteiger partial charge in [0.25, 0.3) is 5.91 Å². The van der Waals surface area contributed by atoms with Crippen molar-refractivity contribution in [3.8, 4) is 17.2 Å². The van der Waals surface area contributed by atoms with Crippen molar-refractivity contribution in [3.05, 3.63) is 81.2 Å². The molecule has 11 heteroatoms. The van der Waals surface area contributed by atoms with E-state index in [4.69, 9.17) is 16.3 Å². The predicted molar refractivity (Wildman–Crippen MR) is 106 cm³/mol. The number of halogens is 5. The number of hydrogen-bond acceptors (Lipinski definition) is 4. The molecule has 1 N–H and O–H groups in total. The van der Waals surface area contributed by atoms with Gasteiger partial charge in [0.05, 0.1) is 10.6 Å². The summed E-state index contributed by atoms with van der Waals surface area (Å²) < 4.78 is 47.3. The number of nitrogens with one attached hydrogen (secondary N) is 1. The summed E-state index contributed by atoms with van der Waals surface area (Å²) in [4.78, 5) is 12.7. The van der Waals surface area contributed by atoms with Crippen molar-refractivity contribution in [1.29, 1.82) is 0 Å². The number of nitrogens with zero attached hydrogens (tertiary/aromatic N) is 1. The molecule has 0 atom stereocenters. The topological polar surface area (TPSA) is 74.5 Å². The van der Waals surface area contributed by atoms with Crippen LogP contribution in [0.1, 0.15) is 10.4 Å². The lowest BCUT2D eigenvalue weighted by Crippen LogP contribution is -2.25. The van der Waals surface area contributed by atoms with Crippen LogP contribution in [0.4, 0.5) is 18.9 Å². The summed E-state index contributed by atoms with van der Waals surface area (Å²) in [5.74, 6) is -0.785. The normalized spacial score (nSPS) is 11.1. The number of ether oxygens (including phenoxy) is 2. The summed E-state index contributed by atoms with van der Waals surface area (Å²) in [6.07, 6.45) is -2.39. The molecule has 0 unspecified atom stereocenters. The van der Waals surface area contributed by atoms with E-state index in [1.807, 2.05) is 0 Å². The monoisotopic (exact) mass is 502 g/mol. The molecule has 3 aromatic rings. The molecule has 6 nitrogen and oxygen atoms in total. The van der Waals surface area contributed by atoms with E-state index in [0.717, 1.165) is 18.3 Å².